The number of hydrogen-bond donors (Lipinski definition) is 1. The molecule has 1 amide bonds. The quantitative estimate of drug-likeness (QED) is 0.299. The number of hydrogen-bond acceptors (Lipinski definition) is 10. The van der Waals surface area contributed by atoms with Crippen LogP contribution in [0.3, 0.4) is 0 Å². The third-order valence-corrected chi connectivity index (χ3v) is 7.47. The van der Waals surface area contributed by atoms with Gasteiger partial charge in [0.25, 0.3) is 0 Å². The summed E-state index contributed by atoms with van der Waals surface area (Å²) in [6.07, 6.45) is 9.21. The van der Waals surface area contributed by atoms with E-state index in [2.05, 4.69) is 30.3 Å². The molecule has 42 heavy (non-hydrogen) atoms. The number of piperazine rings is 1. The van der Waals surface area contributed by atoms with Gasteiger partial charge in [-0.1, -0.05) is 13.0 Å². The topological polar surface area (TPSA) is 123 Å². The number of pyridine rings is 2. The number of ether oxygens (including phenoxy) is 2. The fraction of sp³-hybridized carbons (Fsp3) is 0.267. The molecule has 7 rings (SSSR count). The number of nitrogens with zero attached hydrogens (tertiary/aromatic N) is 8. The third kappa shape index (κ3) is 4.80. The summed E-state index contributed by atoms with van der Waals surface area (Å²) < 4.78 is 14.0. The van der Waals surface area contributed by atoms with E-state index in [4.69, 9.17) is 14.5 Å². The number of benzene rings is 1. The lowest BCUT2D eigenvalue weighted by Crippen LogP contribution is -2.56. The first kappa shape index (κ1) is 25.7. The largest absolute Gasteiger partial charge is 0.487 e. The van der Waals surface area contributed by atoms with Gasteiger partial charge in [0, 0.05) is 43.7 Å². The van der Waals surface area contributed by atoms with Crippen LogP contribution in [0, 0.1) is 6.92 Å². The van der Waals surface area contributed by atoms with Gasteiger partial charge in [0.1, 0.15) is 36.3 Å². The molecule has 12 nitrogen and oxygen atoms in total. The average molecular weight is 564 g/mol. The van der Waals surface area contributed by atoms with E-state index in [1.807, 2.05) is 67.4 Å². The van der Waals surface area contributed by atoms with Crippen LogP contribution in [0.15, 0.2) is 67.4 Å². The second-order valence-electron chi connectivity index (χ2n) is 10.3. The molecular formula is C30H29N9O3. The van der Waals surface area contributed by atoms with E-state index in [1.165, 1.54) is 12.7 Å². The molecule has 0 saturated carbocycles. The lowest BCUT2D eigenvalue weighted by Gasteiger charge is -2.39. The van der Waals surface area contributed by atoms with Crippen LogP contribution in [-0.4, -0.2) is 72.6 Å². The zero-order valence-corrected chi connectivity index (χ0v) is 23.3. The van der Waals surface area contributed by atoms with Crippen molar-refractivity contribution >= 4 is 39.9 Å². The predicted molar refractivity (Wildman–Crippen MR) is 157 cm³/mol. The molecule has 0 aliphatic carbocycles. The first-order valence-corrected chi connectivity index (χ1v) is 13.9. The van der Waals surface area contributed by atoms with Crippen molar-refractivity contribution in [2.45, 2.75) is 26.3 Å². The Hall–Kier alpha value is -5.26. The molecule has 2 bridgehead atoms. The van der Waals surface area contributed by atoms with E-state index < -0.39 is 0 Å². The van der Waals surface area contributed by atoms with Gasteiger partial charge in [-0.15, -0.1) is 0 Å². The summed E-state index contributed by atoms with van der Waals surface area (Å²) in [5.41, 5.74) is 3.81. The fourth-order valence-electron chi connectivity index (χ4n) is 5.33. The molecule has 1 N–H and O–H groups in total. The number of amides is 1. The molecule has 2 aliphatic rings. The normalized spacial score (nSPS) is 16.4. The van der Waals surface area contributed by atoms with Crippen LogP contribution in [0.5, 0.6) is 17.2 Å². The first-order valence-electron chi connectivity index (χ1n) is 13.9. The minimum absolute atomic E-state index is 0.0228. The van der Waals surface area contributed by atoms with E-state index in [1.54, 1.807) is 10.6 Å². The number of nitrogens with one attached hydrogen (secondary N) is 1. The zero-order valence-electron chi connectivity index (χ0n) is 23.3. The van der Waals surface area contributed by atoms with Gasteiger partial charge in [0.2, 0.25) is 5.91 Å². The maximum absolute atomic E-state index is 12.7. The number of aryl methyl sites for hydroxylation is 1. The van der Waals surface area contributed by atoms with Crippen LogP contribution in [0.1, 0.15) is 18.9 Å². The summed E-state index contributed by atoms with van der Waals surface area (Å²) in [5, 5.41) is 7.53. The Balaban J connectivity index is 1.13. The molecule has 6 heterocycles. The lowest BCUT2D eigenvalue weighted by atomic mass is 10.1. The lowest BCUT2D eigenvalue weighted by molar-refractivity contribution is -0.129. The molecule has 1 atom stereocenters. The van der Waals surface area contributed by atoms with Crippen LogP contribution < -0.4 is 19.7 Å². The van der Waals surface area contributed by atoms with Crippen LogP contribution >= 0.6 is 0 Å². The van der Waals surface area contributed by atoms with E-state index in [0.717, 1.165) is 29.2 Å². The van der Waals surface area contributed by atoms with E-state index >= 15 is 0 Å². The Morgan fingerprint density at radius 1 is 1.14 bits per heavy atom. The maximum Gasteiger partial charge on any atom is 0.246 e. The second-order valence-corrected chi connectivity index (χ2v) is 10.3. The Kier molecular flexibility index (Phi) is 6.49. The van der Waals surface area contributed by atoms with E-state index in [9.17, 15) is 4.79 Å². The second kappa shape index (κ2) is 10.6. The molecular weight excluding hydrogens is 534 g/mol. The Labute approximate surface area is 241 Å². The Morgan fingerprint density at radius 2 is 2.07 bits per heavy atom. The van der Waals surface area contributed by atoms with Gasteiger partial charge in [0.05, 0.1) is 11.6 Å². The smallest absolute Gasteiger partial charge is 0.246 e. The number of fused-ring (bicyclic) bond motifs is 6. The number of allylic oxidation sites excluding steroid dienone is 1. The molecule has 0 spiro atoms. The molecule has 4 aromatic heterocycles. The zero-order chi connectivity index (χ0) is 28.6. The van der Waals surface area contributed by atoms with Gasteiger partial charge >= 0.3 is 0 Å². The molecule has 1 saturated heterocycles. The first-order chi connectivity index (χ1) is 20.6. The van der Waals surface area contributed by atoms with Crippen LogP contribution in [0.25, 0.3) is 16.7 Å². The molecule has 0 radical (unpaired) electrons. The fourth-order valence-corrected chi connectivity index (χ4v) is 5.33. The highest BCUT2D eigenvalue weighted by Crippen LogP contribution is 2.36. The van der Waals surface area contributed by atoms with Gasteiger partial charge in [-0.3, -0.25) is 4.79 Å². The van der Waals surface area contributed by atoms with E-state index in [0.29, 0.717) is 60.2 Å². The highest BCUT2D eigenvalue weighted by molar-refractivity contribution is 5.90. The maximum atomic E-state index is 12.7. The van der Waals surface area contributed by atoms with E-state index in [-0.39, 0.29) is 11.9 Å². The summed E-state index contributed by atoms with van der Waals surface area (Å²) >= 11 is 0. The molecule has 0 unspecified atom stereocenters. The van der Waals surface area contributed by atoms with Crippen molar-refractivity contribution in [1.82, 2.24) is 34.4 Å². The summed E-state index contributed by atoms with van der Waals surface area (Å²) in [4.78, 5) is 35.0. The summed E-state index contributed by atoms with van der Waals surface area (Å²) in [6.45, 7) is 6.33. The van der Waals surface area contributed by atoms with Crippen molar-refractivity contribution in [3.8, 4) is 17.2 Å². The Morgan fingerprint density at radius 3 is 2.95 bits per heavy atom. The third-order valence-electron chi connectivity index (χ3n) is 7.47. The van der Waals surface area contributed by atoms with Gasteiger partial charge in [-0.2, -0.15) is 5.10 Å². The molecule has 212 valence electrons. The van der Waals surface area contributed by atoms with Gasteiger partial charge in [-0.05, 0) is 49.2 Å². The van der Waals surface area contributed by atoms with Crippen LogP contribution in [-0.2, 0) is 4.79 Å². The van der Waals surface area contributed by atoms with Gasteiger partial charge < -0.3 is 24.6 Å². The van der Waals surface area contributed by atoms with Crippen LogP contribution in [0.4, 0.5) is 17.3 Å². The van der Waals surface area contributed by atoms with Crippen molar-refractivity contribution in [2.24, 2.45) is 0 Å². The van der Waals surface area contributed by atoms with Crippen molar-refractivity contribution < 1.29 is 14.3 Å². The SMILES string of the molecule is CC/C=C/C(=O)N1CCN2C[C@H]1COc1cc3ncnc(Nc4ccc(Oc5ccn6ncnc6c5)c(C)c4)c3nc12. The average Bonchev–Trinajstić information content (AvgIpc) is 3.43. The standard InChI is InChI=1S/C30H29N9O3/c1-3-4-5-27(40)38-11-10-37-15-21(38)16-41-25-14-23-28(36-30(25)37)29(33-17-31-23)35-20-6-7-24(19(2)12-20)42-22-8-9-39-26(13-22)32-18-34-39/h4-9,12-14,17-18,21H,3,10-11,15-16H2,1-2H3,(H,31,33,35)/b5-4+/t21-/m0/s1. The number of carbonyl (C=O) groups excluding carboxylic acids is 1. The predicted octanol–water partition coefficient (Wildman–Crippen LogP) is 4.29. The van der Waals surface area contributed by atoms with Crippen molar-refractivity contribution in [2.75, 3.05) is 36.5 Å². The Bertz CT molecular complexity index is 1840. The highest BCUT2D eigenvalue weighted by Gasteiger charge is 2.35. The van der Waals surface area contributed by atoms with Gasteiger partial charge in [-0.25, -0.2) is 24.5 Å². The molecule has 1 fully saturated rings. The minimum Gasteiger partial charge on any atom is -0.487 e. The number of anilines is 3. The van der Waals surface area contributed by atoms with Gasteiger partial charge in [0.15, 0.2) is 23.0 Å². The minimum atomic E-state index is -0.0595. The monoisotopic (exact) mass is 563 g/mol. The molecule has 5 aromatic rings. The van der Waals surface area contributed by atoms with Crippen LogP contribution in [0.2, 0.25) is 0 Å². The summed E-state index contributed by atoms with van der Waals surface area (Å²) in [7, 11) is 0. The molecule has 1 aromatic carbocycles. The summed E-state index contributed by atoms with van der Waals surface area (Å²) in [5.74, 6) is 3.42. The molecule has 12 heteroatoms. The van der Waals surface area contributed by atoms with Crippen molar-refractivity contribution in [1.29, 1.82) is 0 Å². The van der Waals surface area contributed by atoms with Crippen molar-refractivity contribution in [3.63, 3.8) is 0 Å². The highest BCUT2D eigenvalue weighted by atomic mass is 16.5. The number of rotatable bonds is 6. The summed E-state index contributed by atoms with van der Waals surface area (Å²) in [6, 6.07) is 11.4. The number of aromatic nitrogens is 6. The van der Waals surface area contributed by atoms with Crippen molar-refractivity contribution in [3.05, 3.63) is 73.0 Å². The number of carbonyl (C=O) groups is 1. The molecule has 2 aliphatic heterocycles.